The Balaban J connectivity index is 1.41. The lowest BCUT2D eigenvalue weighted by Crippen LogP contribution is -2.30. The summed E-state index contributed by atoms with van der Waals surface area (Å²) in [6.45, 7) is 0.912. The Hall–Kier alpha value is -3.22. The molecule has 0 aliphatic heterocycles. The smallest absolute Gasteiger partial charge is 0.224 e. The van der Waals surface area contributed by atoms with Gasteiger partial charge in [-0.1, -0.05) is 18.2 Å². The van der Waals surface area contributed by atoms with E-state index in [4.69, 9.17) is 0 Å². The summed E-state index contributed by atoms with van der Waals surface area (Å²) in [5.74, 6) is 0.766. The van der Waals surface area contributed by atoms with E-state index < -0.39 is 0 Å². The second-order valence-corrected chi connectivity index (χ2v) is 5.41. The molecule has 0 spiro atoms. The standard InChI is InChI=1S/C18H18FN5O/c19-15-6-2-1-5-14(15)13-18(25)21-10-9-20-16-7-8-17(23-22-16)24-11-3-4-12-24/h1-8,11-12H,9-10,13H2,(H,20,22)(H,21,25). The van der Waals surface area contributed by atoms with Gasteiger partial charge in [-0.15, -0.1) is 10.2 Å². The van der Waals surface area contributed by atoms with Gasteiger partial charge >= 0.3 is 0 Å². The van der Waals surface area contributed by atoms with Crippen LogP contribution >= 0.6 is 0 Å². The van der Waals surface area contributed by atoms with Crippen LogP contribution in [0.1, 0.15) is 5.56 Å². The number of amides is 1. The molecule has 0 aliphatic rings. The van der Waals surface area contributed by atoms with Crippen molar-refractivity contribution in [3.05, 3.63) is 72.3 Å². The van der Waals surface area contributed by atoms with Crippen LogP contribution in [-0.4, -0.2) is 33.8 Å². The average molecular weight is 339 g/mol. The van der Waals surface area contributed by atoms with Crippen molar-refractivity contribution in [1.29, 1.82) is 0 Å². The third-order valence-electron chi connectivity index (χ3n) is 3.58. The van der Waals surface area contributed by atoms with Crippen LogP contribution in [0, 0.1) is 5.82 Å². The maximum atomic E-state index is 13.5. The van der Waals surface area contributed by atoms with E-state index in [0.717, 1.165) is 5.82 Å². The van der Waals surface area contributed by atoms with E-state index in [-0.39, 0.29) is 18.1 Å². The average Bonchev–Trinajstić information content (AvgIpc) is 3.16. The molecule has 2 aromatic heterocycles. The number of anilines is 1. The molecule has 0 fully saturated rings. The van der Waals surface area contributed by atoms with Gasteiger partial charge in [0, 0.05) is 25.5 Å². The summed E-state index contributed by atoms with van der Waals surface area (Å²) in [7, 11) is 0. The first-order chi connectivity index (χ1) is 12.2. The highest BCUT2D eigenvalue weighted by molar-refractivity contribution is 5.78. The lowest BCUT2D eigenvalue weighted by Gasteiger charge is -2.08. The molecule has 6 nitrogen and oxygen atoms in total. The first-order valence-electron chi connectivity index (χ1n) is 7.93. The monoisotopic (exact) mass is 339 g/mol. The third-order valence-corrected chi connectivity index (χ3v) is 3.58. The Morgan fingerprint density at radius 1 is 1.00 bits per heavy atom. The molecule has 0 aliphatic carbocycles. The van der Waals surface area contributed by atoms with Gasteiger partial charge in [-0.25, -0.2) is 4.39 Å². The van der Waals surface area contributed by atoms with E-state index in [1.807, 2.05) is 41.2 Å². The number of halogens is 1. The fourth-order valence-corrected chi connectivity index (χ4v) is 2.31. The van der Waals surface area contributed by atoms with Gasteiger partial charge < -0.3 is 15.2 Å². The Bertz CT molecular complexity index is 818. The van der Waals surface area contributed by atoms with Crippen LogP contribution in [0.4, 0.5) is 10.2 Å². The number of nitrogens with zero attached hydrogens (tertiary/aromatic N) is 3. The predicted octanol–water partition coefficient (Wildman–Crippen LogP) is 2.18. The number of hydrogen-bond acceptors (Lipinski definition) is 4. The van der Waals surface area contributed by atoms with Crippen LogP contribution in [0.2, 0.25) is 0 Å². The molecule has 0 saturated carbocycles. The van der Waals surface area contributed by atoms with Crippen molar-refractivity contribution in [3.8, 4) is 5.82 Å². The summed E-state index contributed by atoms with van der Waals surface area (Å²) in [5, 5.41) is 14.0. The Labute approximate surface area is 144 Å². The van der Waals surface area contributed by atoms with Crippen molar-refractivity contribution < 1.29 is 9.18 Å². The normalized spacial score (nSPS) is 10.4. The van der Waals surface area contributed by atoms with E-state index in [2.05, 4.69) is 20.8 Å². The van der Waals surface area contributed by atoms with Gasteiger partial charge in [-0.05, 0) is 35.9 Å². The minimum Gasteiger partial charge on any atom is -0.367 e. The topological polar surface area (TPSA) is 71.8 Å². The van der Waals surface area contributed by atoms with E-state index in [9.17, 15) is 9.18 Å². The number of carbonyl (C=O) groups excluding carboxylic acids is 1. The number of benzene rings is 1. The molecular formula is C18H18FN5O. The zero-order chi connectivity index (χ0) is 17.5. The van der Waals surface area contributed by atoms with E-state index >= 15 is 0 Å². The molecule has 128 valence electrons. The second-order valence-electron chi connectivity index (χ2n) is 5.41. The molecule has 0 unspecified atom stereocenters. The minimum absolute atomic E-state index is 0.0258. The predicted molar refractivity (Wildman–Crippen MR) is 93.0 cm³/mol. The van der Waals surface area contributed by atoms with Crippen LogP contribution in [0.5, 0.6) is 0 Å². The van der Waals surface area contributed by atoms with Crippen molar-refractivity contribution in [3.63, 3.8) is 0 Å². The number of carbonyl (C=O) groups is 1. The van der Waals surface area contributed by atoms with E-state index in [1.165, 1.54) is 6.07 Å². The van der Waals surface area contributed by atoms with Crippen molar-refractivity contribution in [2.75, 3.05) is 18.4 Å². The van der Waals surface area contributed by atoms with Crippen molar-refractivity contribution in [1.82, 2.24) is 20.1 Å². The van der Waals surface area contributed by atoms with Gasteiger partial charge in [0.15, 0.2) is 5.82 Å². The Morgan fingerprint density at radius 2 is 1.80 bits per heavy atom. The molecular weight excluding hydrogens is 321 g/mol. The van der Waals surface area contributed by atoms with Crippen LogP contribution in [-0.2, 0) is 11.2 Å². The number of nitrogens with one attached hydrogen (secondary N) is 2. The minimum atomic E-state index is -0.367. The third kappa shape index (κ3) is 4.63. The molecule has 25 heavy (non-hydrogen) atoms. The van der Waals surface area contributed by atoms with Crippen LogP contribution in [0.15, 0.2) is 60.9 Å². The molecule has 1 amide bonds. The molecule has 1 aromatic carbocycles. The molecule has 2 heterocycles. The van der Waals surface area contributed by atoms with Crippen LogP contribution < -0.4 is 10.6 Å². The molecule has 3 rings (SSSR count). The maximum absolute atomic E-state index is 13.5. The van der Waals surface area contributed by atoms with Crippen LogP contribution in [0.3, 0.4) is 0 Å². The number of hydrogen-bond donors (Lipinski definition) is 2. The highest BCUT2D eigenvalue weighted by Crippen LogP contribution is 2.07. The maximum Gasteiger partial charge on any atom is 0.224 e. The van der Waals surface area contributed by atoms with Gasteiger partial charge in [-0.2, -0.15) is 0 Å². The first-order valence-corrected chi connectivity index (χ1v) is 7.93. The fraction of sp³-hybridized carbons (Fsp3) is 0.167. The van der Waals surface area contributed by atoms with E-state index in [1.54, 1.807) is 18.2 Å². The zero-order valence-corrected chi connectivity index (χ0v) is 13.5. The van der Waals surface area contributed by atoms with Gasteiger partial charge in [0.2, 0.25) is 5.91 Å². The SMILES string of the molecule is O=C(Cc1ccccc1F)NCCNc1ccc(-n2cccc2)nn1. The van der Waals surface area contributed by atoms with Gasteiger partial charge in [0.25, 0.3) is 0 Å². The van der Waals surface area contributed by atoms with Crippen molar-refractivity contribution in [2.24, 2.45) is 0 Å². The summed E-state index contributed by atoms with van der Waals surface area (Å²) in [5.41, 5.74) is 0.388. The molecule has 2 N–H and O–H groups in total. The molecule has 3 aromatic rings. The lowest BCUT2D eigenvalue weighted by molar-refractivity contribution is -0.120. The van der Waals surface area contributed by atoms with Gasteiger partial charge in [0.05, 0.1) is 6.42 Å². The largest absolute Gasteiger partial charge is 0.367 e. The molecule has 0 saturated heterocycles. The fourth-order valence-electron chi connectivity index (χ4n) is 2.31. The first kappa shape index (κ1) is 16.6. The Kier molecular flexibility index (Phi) is 5.36. The second kappa shape index (κ2) is 8.05. The quantitative estimate of drug-likeness (QED) is 0.647. The highest BCUT2D eigenvalue weighted by Gasteiger charge is 2.07. The summed E-state index contributed by atoms with van der Waals surface area (Å²) in [6, 6.07) is 13.8. The van der Waals surface area contributed by atoms with Gasteiger partial charge in [-0.3, -0.25) is 4.79 Å². The van der Waals surface area contributed by atoms with Crippen LogP contribution in [0.25, 0.3) is 5.82 Å². The summed E-state index contributed by atoms with van der Waals surface area (Å²) in [6.07, 6.45) is 3.81. The van der Waals surface area contributed by atoms with Crippen molar-refractivity contribution in [2.45, 2.75) is 6.42 Å². The van der Waals surface area contributed by atoms with E-state index in [0.29, 0.717) is 24.5 Å². The van der Waals surface area contributed by atoms with Crippen molar-refractivity contribution >= 4 is 11.7 Å². The summed E-state index contributed by atoms with van der Waals surface area (Å²) >= 11 is 0. The zero-order valence-electron chi connectivity index (χ0n) is 13.5. The summed E-state index contributed by atoms with van der Waals surface area (Å²) in [4.78, 5) is 11.8. The molecule has 0 radical (unpaired) electrons. The van der Waals surface area contributed by atoms with Gasteiger partial charge in [0.1, 0.15) is 11.6 Å². The molecule has 7 heteroatoms. The number of rotatable bonds is 7. The Morgan fingerprint density at radius 3 is 2.52 bits per heavy atom. The summed E-state index contributed by atoms with van der Waals surface area (Å²) < 4.78 is 15.3. The highest BCUT2D eigenvalue weighted by atomic mass is 19.1. The number of aromatic nitrogens is 3. The molecule has 0 atom stereocenters. The molecule has 0 bridgehead atoms. The lowest BCUT2D eigenvalue weighted by atomic mass is 10.1.